The van der Waals surface area contributed by atoms with Crippen LogP contribution in [0.3, 0.4) is 0 Å². The number of rotatable bonds is 4. The molecule has 1 heterocycles. The largest absolute Gasteiger partial charge is 0.341 e. The van der Waals surface area contributed by atoms with Gasteiger partial charge in [0, 0.05) is 39.5 Å². The lowest BCUT2D eigenvalue weighted by atomic mass is 9.97. The van der Waals surface area contributed by atoms with Crippen LogP contribution < -0.4 is 0 Å². The molecule has 2 heteroatoms. The van der Waals surface area contributed by atoms with Crippen LogP contribution in [-0.4, -0.2) is 10.4 Å². The van der Waals surface area contributed by atoms with Crippen molar-refractivity contribution in [2.75, 3.05) is 0 Å². The van der Waals surface area contributed by atoms with Crippen molar-refractivity contribution >= 4 is 27.6 Å². The van der Waals surface area contributed by atoms with E-state index in [-0.39, 0.29) is 5.78 Å². The average molecular weight is 341 g/mol. The van der Waals surface area contributed by atoms with E-state index >= 15 is 0 Å². The molecule has 4 aromatic rings. The molecule has 0 spiro atoms. The lowest BCUT2D eigenvalue weighted by Gasteiger charge is -2.06. The van der Waals surface area contributed by atoms with Crippen LogP contribution in [0.2, 0.25) is 0 Å². The second kappa shape index (κ2) is 6.45. The Balaban J connectivity index is 1.95. The summed E-state index contributed by atoms with van der Waals surface area (Å²) >= 11 is 0. The van der Waals surface area contributed by atoms with Crippen LogP contribution in [0.4, 0.5) is 0 Å². The quantitative estimate of drug-likeness (QED) is 0.423. The van der Waals surface area contributed by atoms with Gasteiger partial charge in [-0.05, 0) is 61.7 Å². The maximum Gasteiger partial charge on any atom is 0.193 e. The summed E-state index contributed by atoms with van der Waals surface area (Å²) in [6.07, 6.45) is 1.01. The standard InChI is InChI=1S/C24H23NO/c1-4-17-10-12-22-20(14-17)21-15-18(11-13-23(21)25(22)5-2)24(26)19-9-7-6-8-16(19)3/h6-15H,4-5H2,1-3H3. The summed E-state index contributed by atoms with van der Waals surface area (Å²) in [5.74, 6) is 0.0917. The van der Waals surface area contributed by atoms with Gasteiger partial charge in [0.05, 0.1) is 0 Å². The predicted octanol–water partition coefficient (Wildman–Crippen LogP) is 5.92. The van der Waals surface area contributed by atoms with Crippen molar-refractivity contribution in [2.45, 2.75) is 33.7 Å². The highest BCUT2D eigenvalue weighted by Gasteiger charge is 2.15. The topological polar surface area (TPSA) is 22.0 Å². The fourth-order valence-corrected chi connectivity index (χ4v) is 3.84. The van der Waals surface area contributed by atoms with Gasteiger partial charge in [-0.1, -0.05) is 37.3 Å². The van der Waals surface area contributed by atoms with Gasteiger partial charge in [-0.2, -0.15) is 0 Å². The molecule has 130 valence electrons. The number of fused-ring (bicyclic) bond motifs is 3. The Kier molecular flexibility index (Phi) is 4.12. The van der Waals surface area contributed by atoms with Crippen LogP contribution in [-0.2, 0) is 13.0 Å². The molecule has 0 bridgehead atoms. The molecule has 0 unspecified atom stereocenters. The number of aryl methyl sites for hydroxylation is 3. The number of aromatic nitrogens is 1. The summed E-state index contributed by atoms with van der Waals surface area (Å²) in [5, 5.41) is 2.40. The van der Waals surface area contributed by atoms with E-state index in [4.69, 9.17) is 0 Å². The Hall–Kier alpha value is -2.87. The third-order valence-electron chi connectivity index (χ3n) is 5.31. The van der Waals surface area contributed by atoms with Gasteiger partial charge in [-0.25, -0.2) is 0 Å². The second-order valence-corrected chi connectivity index (χ2v) is 6.83. The maximum absolute atomic E-state index is 13.0. The fraction of sp³-hybridized carbons (Fsp3) is 0.208. The molecule has 26 heavy (non-hydrogen) atoms. The maximum atomic E-state index is 13.0. The number of carbonyl (C=O) groups is 1. The van der Waals surface area contributed by atoms with Crippen molar-refractivity contribution < 1.29 is 4.79 Å². The molecule has 0 aliphatic carbocycles. The normalized spacial score (nSPS) is 11.3. The third kappa shape index (κ3) is 2.53. The molecule has 0 saturated carbocycles. The van der Waals surface area contributed by atoms with Crippen molar-refractivity contribution in [3.8, 4) is 0 Å². The van der Waals surface area contributed by atoms with Crippen molar-refractivity contribution in [1.29, 1.82) is 0 Å². The zero-order chi connectivity index (χ0) is 18.3. The monoisotopic (exact) mass is 341 g/mol. The molecule has 0 fully saturated rings. The van der Waals surface area contributed by atoms with E-state index in [9.17, 15) is 4.79 Å². The Morgan fingerprint density at radius 2 is 1.58 bits per heavy atom. The molecular formula is C24H23NO. The number of carbonyl (C=O) groups excluding carboxylic acids is 1. The summed E-state index contributed by atoms with van der Waals surface area (Å²) in [6, 6.07) is 20.6. The van der Waals surface area contributed by atoms with E-state index in [1.165, 1.54) is 22.0 Å². The number of hydrogen-bond donors (Lipinski definition) is 0. The number of benzene rings is 3. The predicted molar refractivity (Wildman–Crippen MR) is 109 cm³/mol. The number of ketones is 1. The average Bonchev–Trinajstić information content (AvgIpc) is 2.99. The molecule has 0 atom stereocenters. The SMILES string of the molecule is CCc1ccc2c(c1)c1cc(C(=O)c3ccccc3C)ccc1n2CC. The minimum atomic E-state index is 0.0917. The summed E-state index contributed by atoms with van der Waals surface area (Å²) < 4.78 is 2.33. The minimum absolute atomic E-state index is 0.0917. The molecule has 0 N–H and O–H groups in total. The lowest BCUT2D eigenvalue weighted by molar-refractivity contribution is 0.103. The van der Waals surface area contributed by atoms with Gasteiger partial charge in [-0.15, -0.1) is 0 Å². The summed E-state index contributed by atoms with van der Waals surface area (Å²) in [5.41, 5.74) is 6.30. The summed E-state index contributed by atoms with van der Waals surface area (Å²) in [6.45, 7) is 7.24. The highest BCUT2D eigenvalue weighted by molar-refractivity contribution is 6.15. The molecule has 0 aliphatic heterocycles. The summed E-state index contributed by atoms with van der Waals surface area (Å²) in [7, 11) is 0. The van der Waals surface area contributed by atoms with E-state index in [0.717, 1.165) is 35.0 Å². The number of hydrogen-bond acceptors (Lipinski definition) is 1. The molecule has 1 aromatic heterocycles. The zero-order valence-corrected chi connectivity index (χ0v) is 15.5. The van der Waals surface area contributed by atoms with Gasteiger partial charge >= 0.3 is 0 Å². The van der Waals surface area contributed by atoms with Crippen LogP contribution in [0.25, 0.3) is 21.8 Å². The van der Waals surface area contributed by atoms with Gasteiger partial charge in [0.2, 0.25) is 0 Å². The molecule has 0 aliphatic rings. The lowest BCUT2D eigenvalue weighted by Crippen LogP contribution is -2.03. The van der Waals surface area contributed by atoms with Crippen LogP contribution in [0.5, 0.6) is 0 Å². The van der Waals surface area contributed by atoms with Crippen molar-refractivity contribution in [3.63, 3.8) is 0 Å². The second-order valence-electron chi connectivity index (χ2n) is 6.83. The van der Waals surface area contributed by atoms with E-state index in [0.29, 0.717) is 0 Å². The molecule has 2 nitrogen and oxygen atoms in total. The van der Waals surface area contributed by atoms with Gasteiger partial charge in [0.15, 0.2) is 5.78 Å². The Labute approximate surface area is 154 Å². The molecule has 0 radical (unpaired) electrons. The van der Waals surface area contributed by atoms with E-state index in [2.05, 4.69) is 48.7 Å². The Morgan fingerprint density at radius 3 is 2.27 bits per heavy atom. The van der Waals surface area contributed by atoms with E-state index < -0.39 is 0 Å². The fourth-order valence-electron chi connectivity index (χ4n) is 3.84. The van der Waals surface area contributed by atoms with E-state index in [1.807, 2.05) is 37.3 Å². The zero-order valence-electron chi connectivity index (χ0n) is 15.5. The molecular weight excluding hydrogens is 318 g/mol. The highest BCUT2D eigenvalue weighted by Crippen LogP contribution is 2.31. The minimum Gasteiger partial charge on any atom is -0.341 e. The first-order valence-corrected chi connectivity index (χ1v) is 9.29. The summed E-state index contributed by atoms with van der Waals surface area (Å²) in [4.78, 5) is 13.0. The first-order valence-electron chi connectivity index (χ1n) is 9.29. The van der Waals surface area contributed by atoms with Crippen LogP contribution in [0.15, 0.2) is 60.7 Å². The molecule has 4 rings (SSSR count). The van der Waals surface area contributed by atoms with Crippen molar-refractivity contribution in [3.05, 3.63) is 82.9 Å². The Morgan fingerprint density at radius 1 is 0.885 bits per heavy atom. The third-order valence-corrected chi connectivity index (χ3v) is 5.31. The molecule has 0 amide bonds. The van der Waals surface area contributed by atoms with Gasteiger partial charge in [0.25, 0.3) is 0 Å². The van der Waals surface area contributed by atoms with Crippen LogP contribution in [0, 0.1) is 6.92 Å². The first kappa shape index (κ1) is 16.6. The van der Waals surface area contributed by atoms with Crippen LogP contribution in [0.1, 0.15) is 40.9 Å². The van der Waals surface area contributed by atoms with Gasteiger partial charge in [-0.3, -0.25) is 4.79 Å². The van der Waals surface area contributed by atoms with Gasteiger partial charge < -0.3 is 4.57 Å². The smallest absolute Gasteiger partial charge is 0.193 e. The highest BCUT2D eigenvalue weighted by atomic mass is 16.1. The number of nitrogens with zero attached hydrogens (tertiary/aromatic N) is 1. The molecule has 0 saturated heterocycles. The van der Waals surface area contributed by atoms with Crippen molar-refractivity contribution in [1.82, 2.24) is 4.57 Å². The van der Waals surface area contributed by atoms with Crippen molar-refractivity contribution in [2.24, 2.45) is 0 Å². The molecule has 3 aromatic carbocycles. The van der Waals surface area contributed by atoms with E-state index in [1.54, 1.807) is 0 Å². The Bertz CT molecular complexity index is 1130. The van der Waals surface area contributed by atoms with Gasteiger partial charge in [0.1, 0.15) is 0 Å². The first-order chi connectivity index (χ1) is 12.6. The van der Waals surface area contributed by atoms with Crippen LogP contribution >= 0.6 is 0 Å².